The molecule has 0 bridgehead atoms. The lowest BCUT2D eigenvalue weighted by Gasteiger charge is -2.19. The molecule has 18 heavy (non-hydrogen) atoms. The van der Waals surface area contributed by atoms with E-state index in [1.807, 2.05) is 13.1 Å². The number of aryl methyl sites for hydroxylation is 1. The largest absolute Gasteiger partial charge is 0.350 e. The Morgan fingerprint density at radius 2 is 2.44 bits per heavy atom. The zero-order valence-electron chi connectivity index (χ0n) is 9.72. The van der Waals surface area contributed by atoms with Gasteiger partial charge in [-0.25, -0.2) is 19.8 Å². The Labute approximate surface area is 108 Å². The van der Waals surface area contributed by atoms with E-state index < -0.39 is 0 Å². The highest BCUT2D eigenvalue weighted by molar-refractivity contribution is 7.11. The number of thiazole rings is 1. The summed E-state index contributed by atoms with van der Waals surface area (Å²) in [4.78, 5) is 21.5. The summed E-state index contributed by atoms with van der Waals surface area (Å²) in [5.41, 5.74) is 0. The zero-order valence-corrected chi connectivity index (χ0v) is 10.5. The van der Waals surface area contributed by atoms with Crippen LogP contribution in [0.4, 0.5) is 4.79 Å². The van der Waals surface area contributed by atoms with Crippen LogP contribution in [0.3, 0.4) is 0 Å². The summed E-state index contributed by atoms with van der Waals surface area (Å²) in [5.74, 6) is 0. The normalized spacial score (nSPS) is 18.5. The number of rotatable bonds is 1. The summed E-state index contributed by atoms with van der Waals surface area (Å²) in [6, 6.07) is -0.308. The lowest BCUT2D eigenvalue weighted by Crippen LogP contribution is -2.30. The van der Waals surface area contributed by atoms with Gasteiger partial charge in [0.25, 0.3) is 0 Å². The maximum atomic E-state index is 12.2. The van der Waals surface area contributed by atoms with Crippen molar-refractivity contribution in [3.8, 4) is 0 Å². The number of imidazole rings is 1. The van der Waals surface area contributed by atoms with Crippen LogP contribution in [-0.4, -0.2) is 31.8 Å². The Hall–Kier alpha value is -2.02. The molecule has 1 aliphatic heterocycles. The lowest BCUT2D eigenvalue weighted by molar-refractivity contribution is 0.187. The van der Waals surface area contributed by atoms with Crippen LogP contribution in [0.2, 0.25) is 0 Å². The smallest absolute Gasteiger partial charge is 0.257 e. The van der Waals surface area contributed by atoms with E-state index in [1.165, 1.54) is 15.9 Å². The molecule has 0 radical (unpaired) electrons. The predicted octanol–water partition coefficient (Wildman–Crippen LogP) is 2.05. The maximum absolute atomic E-state index is 12.2. The number of amides is 1. The number of hydrogen-bond donors (Lipinski definition) is 0. The fourth-order valence-electron chi connectivity index (χ4n) is 1.82. The average Bonchev–Trinajstić information content (AvgIpc) is 3.09. The summed E-state index contributed by atoms with van der Waals surface area (Å²) in [6.07, 6.45) is 8.92. The van der Waals surface area contributed by atoms with Crippen molar-refractivity contribution in [1.82, 2.24) is 19.5 Å². The number of hydrazone groups is 1. The van der Waals surface area contributed by atoms with Crippen molar-refractivity contribution in [3.63, 3.8) is 0 Å². The SMILES string of the molecule is Cc1cnc(C2CC=NN2C(=O)n2ccnc2)s1. The fraction of sp³-hybridized carbons (Fsp3) is 0.273. The van der Waals surface area contributed by atoms with Crippen LogP contribution in [0, 0.1) is 6.92 Å². The van der Waals surface area contributed by atoms with Crippen molar-refractivity contribution < 1.29 is 4.79 Å². The van der Waals surface area contributed by atoms with E-state index in [9.17, 15) is 4.79 Å². The molecule has 7 heteroatoms. The number of carbonyl (C=O) groups excluding carboxylic acids is 1. The maximum Gasteiger partial charge on any atom is 0.350 e. The molecule has 1 atom stereocenters. The number of hydrogen-bond acceptors (Lipinski definition) is 5. The van der Waals surface area contributed by atoms with Gasteiger partial charge in [0.05, 0.1) is 0 Å². The molecule has 1 unspecified atom stereocenters. The van der Waals surface area contributed by atoms with Crippen LogP contribution in [0.5, 0.6) is 0 Å². The van der Waals surface area contributed by atoms with Gasteiger partial charge < -0.3 is 0 Å². The molecule has 2 aromatic heterocycles. The Balaban J connectivity index is 1.87. The van der Waals surface area contributed by atoms with Crippen LogP contribution in [-0.2, 0) is 0 Å². The van der Waals surface area contributed by atoms with Crippen molar-refractivity contribution in [2.75, 3.05) is 0 Å². The van der Waals surface area contributed by atoms with E-state index in [4.69, 9.17) is 0 Å². The molecule has 0 aromatic carbocycles. The highest BCUT2D eigenvalue weighted by Crippen LogP contribution is 2.31. The Bertz CT molecular complexity index is 588. The van der Waals surface area contributed by atoms with Gasteiger partial charge in [0.1, 0.15) is 17.4 Å². The van der Waals surface area contributed by atoms with Gasteiger partial charge in [-0.2, -0.15) is 5.10 Å². The molecule has 0 fully saturated rings. The second kappa shape index (κ2) is 4.34. The summed E-state index contributed by atoms with van der Waals surface area (Å²) < 4.78 is 1.41. The molecule has 1 amide bonds. The minimum absolute atomic E-state index is 0.0985. The fourth-order valence-corrected chi connectivity index (χ4v) is 2.69. The third kappa shape index (κ3) is 1.82. The summed E-state index contributed by atoms with van der Waals surface area (Å²) in [6.45, 7) is 2.00. The van der Waals surface area contributed by atoms with Gasteiger partial charge in [-0.15, -0.1) is 11.3 Å². The molecule has 3 heterocycles. The third-order valence-corrected chi connectivity index (χ3v) is 3.69. The number of carbonyl (C=O) groups is 1. The summed E-state index contributed by atoms with van der Waals surface area (Å²) in [5, 5.41) is 6.51. The molecule has 0 aliphatic carbocycles. The van der Waals surface area contributed by atoms with Crippen LogP contribution in [0.15, 0.2) is 30.0 Å². The second-order valence-electron chi connectivity index (χ2n) is 3.96. The first-order chi connectivity index (χ1) is 8.75. The Morgan fingerprint density at radius 1 is 1.56 bits per heavy atom. The third-order valence-electron chi connectivity index (χ3n) is 2.68. The quantitative estimate of drug-likeness (QED) is 0.789. The van der Waals surface area contributed by atoms with Crippen LogP contribution in [0.25, 0.3) is 0 Å². The highest BCUT2D eigenvalue weighted by Gasteiger charge is 2.31. The number of nitrogens with zero attached hydrogens (tertiary/aromatic N) is 5. The minimum atomic E-state index is -0.209. The highest BCUT2D eigenvalue weighted by atomic mass is 32.1. The van der Waals surface area contributed by atoms with E-state index in [0.717, 1.165) is 9.88 Å². The monoisotopic (exact) mass is 261 g/mol. The first kappa shape index (κ1) is 11.1. The summed E-state index contributed by atoms with van der Waals surface area (Å²) in [7, 11) is 0. The van der Waals surface area contributed by atoms with Gasteiger partial charge in [-0.1, -0.05) is 0 Å². The number of aromatic nitrogens is 3. The van der Waals surface area contributed by atoms with Gasteiger partial charge in [0.2, 0.25) is 0 Å². The lowest BCUT2D eigenvalue weighted by atomic mass is 10.2. The first-order valence-corrected chi connectivity index (χ1v) is 6.33. The van der Waals surface area contributed by atoms with E-state index in [0.29, 0.717) is 6.42 Å². The van der Waals surface area contributed by atoms with Gasteiger partial charge in [0, 0.05) is 36.1 Å². The zero-order chi connectivity index (χ0) is 12.5. The molecular formula is C11H11N5OS. The van der Waals surface area contributed by atoms with Gasteiger partial charge in [-0.3, -0.25) is 4.57 Å². The summed E-state index contributed by atoms with van der Waals surface area (Å²) >= 11 is 1.59. The van der Waals surface area contributed by atoms with E-state index in [1.54, 1.807) is 29.9 Å². The van der Waals surface area contributed by atoms with E-state index >= 15 is 0 Å². The molecule has 92 valence electrons. The molecule has 2 aromatic rings. The van der Waals surface area contributed by atoms with Gasteiger partial charge in [0.15, 0.2) is 0 Å². The standard InChI is InChI=1S/C11H11N5OS/c1-8-6-13-10(18-8)9-2-3-14-16(9)11(17)15-5-4-12-7-15/h3-7,9H,2H2,1H3. The van der Waals surface area contributed by atoms with Crippen molar-refractivity contribution in [2.24, 2.45) is 5.10 Å². The minimum Gasteiger partial charge on any atom is -0.257 e. The van der Waals surface area contributed by atoms with Gasteiger partial charge in [-0.05, 0) is 6.92 Å². The molecule has 3 rings (SSSR count). The Kier molecular flexibility index (Phi) is 2.67. The molecule has 0 spiro atoms. The molecule has 1 aliphatic rings. The van der Waals surface area contributed by atoms with Crippen LogP contribution in [0.1, 0.15) is 22.3 Å². The van der Waals surface area contributed by atoms with Crippen molar-refractivity contribution in [2.45, 2.75) is 19.4 Å². The van der Waals surface area contributed by atoms with Crippen LogP contribution >= 0.6 is 11.3 Å². The Morgan fingerprint density at radius 3 is 3.11 bits per heavy atom. The molecule has 0 saturated carbocycles. The first-order valence-electron chi connectivity index (χ1n) is 5.52. The van der Waals surface area contributed by atoms with E-state index in [-0.39, 0.29) is 12.1 Å². The topological polar surface area (TPSA) is 63.4 Å². The van der Waals surface area contributed by atoms with E-state index in [2.05, 4.69) is 15.1 Å². The molecular weight excluding hydrogens is 250 g/mol. The molecule has 6 nitrogen and oxygen atoms in total. The van der Waals surface area contributed by atoms with Crippen molar-refractivity contribution in [3.05, 3.63) is 34.8 Å². The predicted molar refractivity (Wildman–Crippen MR) is 67.6 cm³/mol. The average molecular weight is 261 g/mol. The van der Waals surface area contributed by atoms with Gasteiger partial charge >= 0.3 is 6.03 Å². The molecule has 0 N–H and O–H groups in total. The van der Waals surface area contributed by atoms with Crippen molar-refractivity contribution >= 4 is 23.6 Å². The molecule has 0 saturated heterocycles. The van der Waals surface area contributed by atoms with Crippen molar-refractivity contribution in [1.29, 1.82) is 0 Å². The van der Waals surface area contributed by atoms with Crippen LogP contribution < -0.4 is 0 Å². The second-order valence-corrected chi connectivity index (χ2v) is 5.22.